The molecule has 0 saturated carbocycles. The summed E-state index contributed by atoms with van der Waals surface area (Å²) in [5, 5.41) is 10.7. The van der Waals surface area contributed by atoms with Gasteiger partial charge in [0, 0.05) is 17.9 Å². The minimum absolute atomic E-state index is 0.111. The summed E-state index contributed by atoms with van der Waals surface area (Å²) in [6.45, 7) is 11.9. The van der Waals surface area contributed by atoms with E-state index in [0.29, 0.717) is 12.0 Å². The van der Waals surface area contributed by atoms with Crippen molar-refractivity contribution in [2.24, 2.45) is 11.8 Å². The molecule has 130 valence electrons. The first-order valence-corrected chi connectivity index (χ1v) is 8.61. The van der Waals surface area contributed by atoms with E-state index in [-0.39, 0.29) is 23.9 Å². The van der Waals surface area contributed by atoms with Gasteiger partial charge in [-0.1, -0.05) is 43.2 Å². The minimum atomic E-state index is -0.593. The zero-order valence-corrected chi connectivity index (χ0v) is 15.4. The van der Waals surface area contributed by atoms with Crippen LogP contribution in [0, 0.1) is 11.8 Å². The maximum Gasteiger partial charge on any atom is 0.333 e. The highest BCUT2D eigenvalue weighted by Gasteiger charge is 2.33. The first kappa shape index (κ1) is 19.7. The zero-order chi connectivity index (χ0) is 17.6. The van der Waals surface area contributed by atoms with E-state index in [2.05, 4.69) is 33.8 Å². The normalized spacial score (nSPS) is 27.3. The van der Waals surface area contributed by atoms with E-state index in [1.54, 1.807) is 13.0 Å². The molecule has 1 aliphatic rings. The average molecular weight is 320 g/mol. The molecule has 0 bridgehead atoms. The number of carbonyl (C=O) groups is 1. The number of esters is 1. The predicted octanol–water partition coefficient (Wildman–Crippen LogP) is 4.57. The van der Waals surface area contributed by atoms with Gasteiger partial charge in [0.15, 0.2) is 0 Å². The molecule has 0 radical (unpaired) electrons. The van der Waals surface area contributed by atoms with E-state index in [9.17, 15) is 9.90 Å². The molecule has 3 atom stereocenters. The number of allylic oxidation sites excluding steroid dienone is 3. The van der Waals surface area contributed by atoms with Crippen LogP contribution in [-0.4, -0.2) is 23.3 Å². The number of carbonyl (C=O) groups excluding carboxylic acids is 1. The van der Waals surface area contributed by atoms with Crippen LogP contribution in [0.1, 0.15) is 60.8 Å². The van der Waals surface area contributed by atoms with Gasteiger partial charge in [-0.25, -0.2) is 4.79 Å². The van der Waals surface area contributed by atoms with Crippen molar-refractivity contribution in [2.45, 2.75) is 73.0 Å². The fourth-order valence-corrected chi connectivity index (χ4v) is 3.08. The Hall–Kier alpha value is -1.35. The van der Waals surface area contributed by atoms with Gasteiger partial charge in [0.2, 0.25) is 0 Å². The topological polar surface area (TPSA) is 46.5 Å². The van der Waals surface area contributed by atoms with Crippen LogP contribution in [0.3, 0.4) is 0 Å². The largest absolute Gasteiger partial charge is 0.458 e. The third-order valence-corrected chi connectivity index (χ3v) is 4.62. The first-order chi connectivity index (χ1) is 10.8. The van der Waals surface area contributed by atoms with Crippen molar-refractivity contribution >= 4 is 5.97 Å². The highest BCUT2D eigenvalue weighted by molar-refractivity contribution is 5.87. The Balaban J connectivity index is 3.15. The molecule has 0 aromatic rings. The van der Waals surface area contributed by atoms with E-state index >= 15 is 0 Å². The molecule has 23 heavy (non-hydrogen) atoms. The Morgan fingerprint density at radius 3 is 2.57 bits per heavy atom. The molecule has 1 aliphatic carbocycles. The van der Waals surface area contributed by atoms with Crippen molar-refractivity contribution in [3.63, 3.8) is 0 Å². The average Bonchev–Trinajstić information content (AvgIpc) is 2.44. The van der Waals surface area contributed by atoms with Crippen LogP contribution < -0.4 is 0 Å². The number of aliphatic hydroxyl groups is 1. The van der Waals surface area contributed by atoms with E-state index in [4.69, 9.17) is 4.74 Å². The molecule has 0 heterocycles. The Bertz CT molecular complexity index is 497. The lowest BCUT2D eigenvalue weighted by molar-refractivity contribution is -0.150. The van der Waals surface area contributed by atoms with Gasteiger partial charge in [-0.05, 0) is 46.5 Å². The van der Waals surface area contributed by atoms with Gasteiger partial charge in [0.05, 0.1) is 6.10 Å². The van der Waals surface area contributed by atoms with Crippen molar-refractivity contribution in [2.75, 3.05) is 0 Å². The highest BCUT2D eigenvalue weighted by atomic mass is 16.5. The number of aliphatic hydroxyl groups excluding tert-OH is 1. The summed E-state index contributed by atoms with van der Waals surface area (Å²) < 4.78 is 5.79. The van der Waals surface area contributed by atoms with Crippen molar-refractivity contribution in [1.29, 1.82) is 0 Å². The lowest BCUT2D eigenvalue weighted by Crippen LogP contribution is -2.38. The quantitative estimate of drug-likeness (QED) is 0.470. The van der Waals surface area contributed by atoms with Gasteiger partial charge >= 0.3 is 5.97 Å². The van der Waals surface area contributed by atoms with Gasteiger partial charge in [0.1, 0.15) is 6.10 Å². The van der Waals surface area contributed by atoms with Gasteiger partial charge < -0.3 is 9.84 Å². The molecule has 0 aliphatic heterocycles. The van der Waals surface area contributed by atoms with E-state index in [1.807, 2.05) is 13.0 Å². The number of rotatable bonds is 3. The van der Waals surface area contributed by atoms with Crippen LogP contribution in [-0.2, 0) is 9.53 Å². The van der Waals surface area contributed by atoms with E-state index < -0.39 is 6.10 Å². The summed E-state index contributed by atoms with van der Waals surface area (Å²) in [6.07, 6.45) is 7.60. The van der Waals surface area contributed by atoms with Gasteiger partial charge in [-0.2, -0.15) is 0 Å². The molecule has 0 aromatic carbocycles. The summed E-state index contributed by atoms with van der Waals surface area (Å²) in [5.41, 5.74) is 3.00. The van der Waals surface area contributed by atoms with Crippen molar-refractivity contribution in [1.82, 2.24) is 0 Å². The minimum Gasteiger partial charge on any atom is -0.458 e. The predicted molar refractivity (Wildman–Crippen MR) is 95.0 cm³/mol. The molecule has 1 rings (SSSR count). The molecule has 3 nitrogen and oxygen atoms in total. The van der Waals surface area contributed by atoms with Crippen molar-refractivity contribution < 1.29 is 14.6 Å². The number of ether oxygens (including phenoxy) is 1. The van der Waals surface area contributed by atoms with Crippen LogP contribution in [0.25, 0.3) is 0 Å². The Labute approximate surface area is 141 Å². The van der Waals surface area contributed by atoms with Crippen LogP contribution in [0.4, 0.5) is 0 Å². The second-order valence-electron chi connectivity index (χ2n) is 7.03. The maximum atomic E-state index is 12.2. The third-order valence-electron chi connectivity index (χ3n) is 4.62. The molecular weight excluding hydrogens is 288 g/mol. The maximum absolute atomic E-state index is 12.2. The monoisotopic (exact) mass is 320 g/mol. The standard InChI is InChI=1S/C20H32O3/c1-7-16(6)20(22)23-18-12-15(5)10-8-9-14(4)11-17(21)19(18)13(2)3/h7,10-11,13,17-19,21H,8-9,12H2,1-6H3. The molecule has 0 amide bonds. The summed E-state index contributed by atoms with van der Waals surface area (Å²) in [7, 11) is 0. The van der Waals surface area contributed by atoms with Crippen LogP contribution in [0.15, 0.2) is 34.9 Å². The molecule has 3 heteroatoms. The van der Waals surface area contributed by atoms with Gasteiger partial charge in [-0.3, -0.25) is 0 Å². The Kier molecular flexibility index (Phi) is 7.77. The molecule has 0 saturated heterocycles. The number of hydrogen-bond donors (Lipinski definition) is 1. The van der Waals surface area contributed by atoms with Crippen molar-refractivity contribution in [3.8, 4) is 0 Å². The summed E-state index contributed by atoms with van der Waals surface area (Å²) in [6, 6.07) is 0. The van der Waals surface area contributed by atoms with Crippen LogP contribution in [0.5, 0.6) is 0 Å². The van der Waals surface area contributed by atoms with Crippen LogP contribution in [0.2, 0.25) is 0 Å². The highest BCUT2D eigenvalue weighted by Crippen LogP contribution is 2.30. The third kappa shape index (κ3) is 5.98. The molecular formula is C20H32O3. The molecule has 0 fully saturated rings. The number of hydrogen-bond acceptors (Lipinski definition) is 3. The fourth-order valence-electron chi connectivity index (χ4n) is 3.08. The second kappa shape index (κ2) is 9.07. The lowest BCUT2D eigenvalue weighted by atomic mass is 9.81. The van der Waals surface area contributed by atoms with Gasteiger partial charge in [-0.15, -0.1) is 0 Å². The summed E-state index contributed by atoms with van der Waals surface area (Å²) in [5.74, 6) is -0.189. The SMILES string of the molecule is CC=C(C)C(=O)OC1CC(C)=CCCC(C)=CC(O)C1C(C)C. The Morgan fingerprint density at radius 2 is 2.00 bits per heavy atom. The molecule has 0 aromatic heterocycles. The van der Waals surface area contributed by atoms with E-state index in [0.717, 1.165) is 12.8 Å². The van der Waals surface area contributed by atoms with Crippen molar-refractivity contribution in [3.05, 3.63) is 34.9 Å². The summed E-state index contributed by atoms with van der Waals surface area (Å²) >= 11 is 0. The smallest absolute Gasteiger partial charge is 0.333 e. The molecule has 1 N–H and O–H groups in total. The Morgan fingerprint density at radius 1 is 1.35 bits per heavy atom. The van der Waals surface area contributed by atoms with E-state index in [1.165, 1.54) is 11.1 Å². The lowest BCUT2D eigenvalue weighted by Gasteiger charge is -2.33. The first-order valence-electron chi connectivity index (χ1n) is 8.61. The fraction of sp³-hybridized carbons (Fsp3) is 0.650. The van der Waals surface area contributed by atoms with Crippen LogP contribution >= 0.6 is 0 Å². The zero-order valence-electron chi connectivity index (χ0n) is 15.4. The molecule has 0 spiro atoms. The molecule has 3 unspecified atom stereocenters. The van der Waals surface area contributed by atoms with Gasteiger partial charge in [0.25, 0.3) is 0 Å². The second-order valence-corrected chi connectivity index (χ2v) is 7.03. The summed E-state index contributed by atoms with van der Waals surface area (Å²) in [4.78, 5) is 12.2.